The van der Waals surface area contributed by atoms with Crippen molar-refractivity contribution < 1.29 is 9.32 Å². The number of carbonyl (C=O) groups excluding carboxylic acids is 1. The second-order valence-electron chi connectivity index (χ2n) is 4.15. The first-order valence-electron chi connectivity index (χ1n) is 6.06. The molecule has 106 valence electrons. The molecule has 0 aliphatic heterocycles. The summed E-state index contributed by atoms with van der Waals surface area (Å²) in [4.78, 5) is 23.7. The van der Waals surface area contributed by atoms with Gasteiger partial charge in [-0.3, -0.25) is 9.59 Å². The first-order chi connectivity index (χ1) is 10.2. The molecule has 0 radical (unpaired) electrons. The van der Waals surface area contributed by atoms with Crippen molar-refractivity contribution in [2.45, 2.75) is 6.54 Å². The zero-order valence-electron chi connectivity index (χ0n) is 10.7. The molecule has 21 heavy (non-hydrogen) atoms. The highest BCUT2D eigenvalue weighted by Crippen LogP contribution is 2.24. The Kier molecular flexibility index (Phi) is 3.61. The standard InChI is InChI=1S/C13H10N4O3S/c18-12-4-3-9(15-16-12)13(19)14-7-8-6-10(20-17-8)11-2-1-5-21-11/h1-6H,7H2,(H,14,19)(H,16,18). The summed E-state index contributed by atoms with van der Waals surface area (Å²) in [5.41, 5.74) is 0.386. The Morgan fingerprint density at radius 2 is 2.29 bits per heavy atom. The fourth-order valence-electron chi connectivity index (χ4n) is 1.66. The Morgan fingerprint density at radius 3 is 3.00 bits per heavy atom. The van der Waals surface area contributed by atoms with Crippen LogP contribution in [0.3, 0.4) is 0 Å². The number of nitrogens with one attached hydrogen (secondary N) is 2. The minimum absolute atomic E-state index is 0.136. The van der Waals surface area contributed by atoms with E-state index < -0.39 is 5.91 Å². The number of aromatic amines is 1. The zero-order chi connectivity index (χ0) is 14.7. The van der Waals surface area contributed by atoms with Crippen molar-refractivity contribution in [3.8, 4) is 10.6 Å². The molecule has 1 amide bonds. The zero-order valence-corrected chi connectivity index (χ0v) is 11.5. The van der Waals surface area contributed by atoms with E-state index in [-0.39, 0.29) is 17.8 Å². The summed E-state index contributed by atoms with van der Waals surface area (Å²) in [7, 11) is 0. The molecule has 8 heteroatoms. The van der Waals surface area contributed by atoms with Crippen molar-refractivity contribution in [1.82, 2.24) is 20.7 Å². The van der Waals surface area contributed by atoms with E-state index in [4.69, 9.17) is 4.52 Å². The predicted octanol–water partition coefficient (Wildman–Crippen LogP) is 1.42. The third-order valence-corrected chi connectivity index (χ3v) is 3.55. The Labute approximate surface area is 122 Å². The molecule has 3 aromatic heterocycles. The number of rotatable bonds is 4. The smallest absolute Gasteiger partial charge is 0.272 e. The summed E-state index contributed by atoms with van der Waals surface area (Å²) in [6.07, 6.45) is 0. The van der Waals surface area contributed by atoms with Gasteiger partial charge in [-0.15, -0.1) is 11.3 Å². The second-order valence-corrected chi connectivity index (χ2v) is 5.10. The van der Waals surface area contributed by atoms with Crippen molar-refractivity contribution in [3.05, 3.63) is 57.5 Å². The maximum Gasteiger partial charge on any atom is 0.272 e. The highest BCUT2D eigenvalue weighted by Gasteiger charge is 2.10. The molecule has 0 aromatic carbocycles. The molecular weight excluding hydrogens is 292 g/mol. The molecule has 2 N–H and O–H groups in total. The second kappa shape index (κ2) is 5.71. The number of aromatic nitrogens is 3. The average Bonchev–Trinajstić information content (AvgIpc) is 3.16. The quantitative estimate of drug-likeness (QED) is 0.759. The van der Waals surface area contributed by atoms with Gasteiger partial charge in [0.25, 0.3) is 11.5 Å². The SMILES string of the molecule is O=C(NCc1cc(-c2cccs2)on1)c1ccc(=O)[nH]n1. The summed E-state index contributed by atoms with van der Waals surface area (Å²) in [6, 6.07) is 8.22. The maximum absolute atomic E-state index is 11.8. The number of amides is 1. The van der Waals surface area contributed by atoms with E-state index >= 15 is 0 Å². The average molecular weight is 302 g/mol. The summed E-state index contributed by atoms with van der Waals surface area (Å²) in [6.45, 7) is 0.217. The Bertz CT molecular complexity index is 786. The van der Waals surface area contributed by atoms with Crippen LogP contribution in [-0.2, 0) is 6.54 Å². The lowest BCUT2D eigenvalue weighted by Crippen LogP contribution is -2.25. The molecule has 3 aromatic rings. The van der Waals surface area contributed by atoms with Crippen molar-refractivity contribution in [2.75, 3.05) is 0 Å². The Balaban J connectivity index is 1.64. The predicted molar refractivity (Wildman–Crippen MR) is 75.8 cm³/mol. The van der Waals surface area contributed by atoms with Crippen LogP contribution < -0.4 is 10.9 Å². The molecule has 3 rings (SSSR count). The molecule has 0 fully saturated rings. The maximum atomic E-state index is 11.8. The van der Waals surface area contributed by atoms with Crippen molar-refractivity contribution in [1.29, 1.82) is 0 Å². The topological polar surface area (TPSA) is 101 Å². The van der Waals surface area contributed by atoms with E-state index in [1.54, 1.807) is 17.4 Å². The van der Waals surface area contributed by atoms with E-state index in [1.165, 1.54) is 12.1 Å². The third-order valence-electron chi connectivity index (χ3n) is 2.66. The molecule has 0 bridgehead atoms. The van der Waals surface area contributed by atoms with Gasteiger partial charge in [-0.25, -0.2) is 5.10 Å². The minimum Gasteiger partial charge on any atom is -0.355 e. The summed E-state index contributed by atoms with van der Waals surface area (Å²) in [5.74, 6) is 0.267. The van der Waals surface area contributed by atoms with Crippen LogP contribution >= 0.6 is 11.3 Å². The van der Waals surface area contributed by atoms with Crippen LogP contribution in [0.25, 0.3) is 10.6 Å². The number of hydrogen-bond acceptors (Lipinski definition) is 6. The summed E-state index contributed by atoms with van der Waals surface area (Å²) >= 11 is 1.55. The third kappa shape index (κ3) is 3.06. The first-order valence-corrected chi connectivity index (χ1v) is 6.94. The van der Waals surface area contributed by atoms with Gasteiger partial charge in [0, 0.05) is 12.1 Å². The van der Waals surface area contributed by atoms with Crippen LogP contribution in [0.2, 0.25) is 0 Å². The van der Waals surface area contributed by atoms with Gasteiger partial charge in [0.2, 0.25) is 0 Å². The number of nitrogens with zero attached hydrogens (tertiary/aromatic N) is 2. The molecule has 0 aliphatic carbocycles. The van der Waals surface area contributed by atoms with Gasteiger partial charge in [0.15, 0.2) is 5.76 Å². The highest BCUT2D eigenvalue weighted by molar-refractivity contribution is 7.13. The normalized spacial score (nSPS) is 10.5. The van der Waals surface area contributed by atoms with Gasteiger partial charge in [0.05, 0.1) is 11.4 Å². The lowest BCUT2D eigenvalue weighted by molar-refractivity contribution is 0.0944. The van der Waals surface area contributed by atoms with Crippen LogP contribution in [0, 0.1) is 0 Å². The minimum atomic E-state index is -0.396. The molecule has 0 aliphatic rings. The van der Waals surface area contributed by atoms with Gasteiger partial charge in [0.1, 0.15) is 11.4 Å². The number of hydrogen-bond donors (Lipinski definition) is 2. The van der Waals surface area contributed by atoms with Crippen LogP contribution in [0.15, 0.2) is 45.0 Å². The number of thiophene rings is 1. The molecule has 7 nitrogen and oxygen atoms in total. The fraction of sp³-hybridized carbons (Fsp3) is 0.0769. The molecule has 0 saturated carbocycles. The van der Waals surface area contributed by atoms with Crippen LogP contribution in [0.4, 0.5) is 0 Å². The molecule has 0 atom stereocenters. The fourth-order valence-corrected chi connectivity index (χ4v) is 2.34. The molecule has 0 saturated heterocycles. The van der Waals surface area contributed by atoms with Crippen LogP contribution in [0.1, 0.15) is 16.2 Å². The van der Waals surface area contributed by atoms with Crippen molar-refractivity contribution in [2.24, 2.45) is 0 Å². The Morgan fingerprint density at radius 1 is 1.38 bits per heavy atom. The van der Waals surface area contributed by atoms with E-state index in [1.807, 2.05) is 17.5 Å². The van der Waals surface area contributed by atoms with E-state index in [0.29, 0.717) is 11.5 Å². The lowest BCUT2D eigenvalue weighted by Gasteiger charge is -2.00. The van der Waals surface area contributed by atoms with E-state index in [9.17, 15) is 9.59 Å². The van der Waals surface area contributed by atoms with Gasteiger partial charge in [-0.2, -0.15) is 5.10 Å². The number of carbonyl (C=O) groups is 1. The molecular formula is C13H10N4O3S. The van der Waals surface area contributed by atoms with Crippen molar-refractivity contribution in [3.63, 3.8) is 0 Å². The van der Waals surface area contributed by atoms with E-state index in [0.717, 1.165) is 4.88 Å². The van der Waals surface area contributed by atoms with Crippen LogP contribution in [-0.4, -0.2) is 21.3 Å². The van der Waals surface area contributed by atoms with Gasteiger partial charge < -0.3 is 9.84 Å². The molecule has 0 unspecified atom stereocenters. The monoisotopic (exact) mass is 302 g/mol. The summed E-state index contributed by atoms with van der Waals surface area (Å²) in [5, 5.41) is 14.3. The first kappa shape index (κ1) is 13.3. The van der Waals surface area contributed by atoms with Gasteiger partial charge in [-0.05, 0) is 17.5 Å². The molecule has 0 spiro atoms. The van der Waals surface area contributed by atoms with Crippen LogP contribution in [0.5, 0.6) is 0 Å². The lowest BCUT2D eigenvalue weighted by atomic mass is 10.3. The summed E-state index contributed by atoms with van der Waals surface area (Å²) < 4.78 is 5.21. The van der Waals surface area contributed by atoms with E-state index in [2.05, 4.69) is 20.7 Å². The largest absolute Gasteiger partial charge is 0.355 e. The number of H-pyrrole nitrogens is 1. The molecule has 3 heterocycles. The van der Waals surface area contributed by atoms with Gasteiger partial charge >= 0.3 is 0 Å². The Hall–Kier alpha value is -2.74. The van der Waals surface area contributed by atoms with Crippen molar-refractivity contribution >= 4 is 17.2 Å². The highest BCUT2D eigenvalue weighted by atomic mass is 32.1. The van der Waals surface area contributed by atoms with Gasteiger partial charge in [-0.1, -0.05) is 11.2 Å².